The largest absolute Gasteiger partial charge is 0.357 e. The van der Waals surface area contributed by atoms with E-state index in [1.54, 1.807) is 0 Å². The lowest BCUT2D eigenvalue weighted by Crippen LogP contribution is -2.52. The van der Waals surface area contributed by atoms with Crippen molar-refractivity contribution in [3.63, 3.8) is 0 Å². The number of sulfonamides is 1. The van der Waals surface area contributed by atoms with Gasteiger partial charge in [-0.05, 0) is 23.3 Å². The molecule has 9 heteroatoms. The molecule has 1 atom stereocenters. The molecule has 0 aromatic heterocycles. The van der Waals surface area contributed by atoms with Crippen LogP contribution in [0, 0.1) is 5.82 Å². The van der Waals surface area contributed by atoms with Gasteiger partial charge in [0, 0.05) is 27.1 Å². The molecule has 2 aromatic rings. The van der Waals surface area contributed by atoms with Gasteiger partial charge in [0.25, 0.3) is 0 Å². The van der Waals surface area contributed by atoms with Gasteiger partial charge in [-0.3, -0.25) is 9.59 Å². The minimum Gasteiger partial charge on any atom is -0.357 e. The Morgan fingerprint density at radius 2 is 1.63 bits per heavy atom. The molecule has 0 saturated heterocycles. The molecule has 0 bridgehead atoms. The summed E-state index contributed by atoms with van der Waals surface area (Å²) in [4.78, 5) is 27.1. The van der Waals surface area contributed by atoms with Crippen LogP contribution in [0.15, 0.2) is 54.6 Å². The van der Waals surface area contributed by atoms with Gasteiger partial charge in [0.05, 0.1) is 12.8 Å². The number of halogens is 1. The zero-order valence-corrected chi connectivity index (χ0v) is 18.0. The van der Waals surface area contributed by atoms with E-state index in [-0.39, 0.29) is 18.9 Å². The fraction of sp³-hybridized carbons (Fsp3) is 0.333. The van der Waals surface area contributed by atoms with Gasteiger partial charge in [0.1, 0.15) is 11.9 Å². The summed E-state index contributed by atoms with van der Waals surface area (Å²) in [6, 6.07) is 13.9. The molecule has 0 unspecified atom stereocenters. The minimum atomic E-state index is -3.58. The van der Waals surface area contributed by atoms with Crippen LogP contribution in [0.5, 0.6) is 0 Å². The number of rotatable bonds is 9. The van der Waals surface area contributed by atoms with Gasteiger partial charge in [0.15, 0.2) is 0 Å². The average molecular weight is 436 g/mol. The van der Waals surface area contributed by atoms with Gasteiger partial charge < -0.3 is 10.2 Å². The molecule has 2 rings (SSSR count). The number of nitrogens with one attached hydrogen (secondary N) is 1. The lowest BCUT2D eigenvalue weighted by Gasteiger charge is -2.32. The maximum atomic E-state index is 13.3. The fourth-order valence-corrected chi connectivity index (χ4v) is 3.25. The van der Waals surface area contributed by atoms with Gasteiger partial charge in [0.2, 0.25) is 21.8 Å². The zero-order valence-electron chi connectivity index (χ0n) is 17.2. The molecule has 162 valence electrons. The molecular weight excluding hydrogens is 409 g/mol. The number of likely N-dealkylation sites (N-methyl/N-ethyl adjacent to an activating group) is 2. The third kappa shape index (κ3) is 6.64. The molecule has 0 fully saturated rings. The van der Waals surface area contributed by atoms with Crippen LogP contribution < -0.4 is 5.32 Å². The second-order valence-electron chi connectivity index (χ2n) is 6.99. The van der Waals surface area contributed by atoms with Gasteiger partial charge in [-0.1, -0.05) is 42.5 Å². The first kappa shape index (κ1) is 23.5. The van der Waals surface area contributed by atoms with E-state index in [9.17, 15) is 22.4 Å². The Labute approximate surface area is 176 Å². The van der Waals surface area contributed by atoms with Gasteiger partial charge in [-0.15, -0.1) is 0 Å². The minimum absolute atomic E-state index is 0.0294. The average Bonchev–Trinajstić information content (AvgIpc) is 2.71. The molecule has 0 aliphatic rings. The van der Waals surface area contributed by atoms with E-state index < -0.39 is 34.3 Å². The van der Waals surface area contributed by atoms with E-state index in [2.05, 4.69) is 5.32 Å². The van der Waals surface area contributed by atoms with Crippen molar-refractivity contribution in [3.8, 4) is 0 Å². The van der Waals surface area contributed by atoms with Crippen LogP contribution in [0.3, 0.4) is 0 Å². The first-order valence-corrected chi connectivity index (χ1v) is 11.2. The zero-order chi connectivity index (χ0) is 22.3. The first-order valence-electron chi connectivity index (χ1n) is 9.32. The number of carbonyl (C=O) groups excluding carboxylic acids is 2. The van der Waals surface area contributed by atoms with Crippen molar-refractivity contribution in [2.24, 2.45) is 0 Å². The van der Waals surface area contributed by atoms with E-state index in [0.29, 0.717) is 5.56 Å². The highest BCUT2D eigenvalue weighted by molar-refractivity contribution is 7.88. The van der Waals surface area contributed by atoms with Crippen LogP contribution in [0.25, 0.3) is 0 Å². The van der Waals surface area contributed by atoms with E-state index in [1.807, 2.05) is 30.3 Å². The van der Waals surface area contributed by atoms with Crippen LogP contribution in [0.2, 0.25) is 0 Å². The summed E-state index contributed by atoms with van der Waals surface area (Å²) < 4.78 is 37.8. The van der Waals surface area contributed by atoms with Crippen molar-refractivity contribution < 1.29 is 22.4 Å². The van der Waals surface area contributed by atoms with Gasteiger partial charge in [-0.25, -0.2) is 12.8 Å². The van der Waals surface area contributed by atoms with Crippen molar-refractivity contribution in [2.45, 2.75) is 19.0 Å². The maximum Gasteiger partial charge on any atom is 0.242 e. The summed E-state index contributed by atoms with van der Waals surface area (Å²) in [7, 11) is -0.808. The standard InChI is InChI=1S/C21H26FN3O4S/c1-23-21(27)19(13-16-7-5-4-6-8-16)25(14-17-9-11-18(22)12-10-17)20(26)15-24(2)30(3,28)29/h4-12,19H,13-15H2,1-3H3,(H,23,27)/t19-/m1/s1. The molecule has 0 aliphatic carbocycles. The number of nitrogens with zero attached hydrogens (tertiary/aromatic N) is 2. The molecule has 0 heterocycles. The van der Waals surface area contributed by atoms with Gasteiger partial charge >= 0.3 is 0 Å². The molecule has 2 amide bonds. The van der Waals surface area contributed by atoms with Crippen molar-refractivity contribution in [1.82, 2.24) is 14.5 Å². The molecule has 0 aliphatic heterocycles. The lowest BCUT2D eigenvalue weighted by molar-refractivity contribution is -0.141. The van der Waals surface area contributed by atoms with Crippen molar-refractivity contribution in [3.05, 3.63) is 71.5 Å². The molecule has 0 saturated carbocycles. The molecule has 2 aromatic carbocycles. The van der Waals surface area contributed by atoms with Crippen molar-refractivity contribution >= 4 is 21.8 Å². The van der Waals surface area contributed by atoms with Crippen LogP contribution in [0.4, 0.5) is 4.39 Å². The second-order valence-corrected chi connectivity index (χ2v) is 9.08. The molecule has 1 N–H and O–H groups in total. The van der Waals surface area contributed by atoms with Crippen molar-refractivity contribution in [1.29, 1.82) is 0 Å². The highest BCUT2D eigenvalue weighted by Crippen LogP contribution is 2.16. The van der Waals surface area contributed by atoms with Crippen LogP contribution >= 0.6 is 0 Å². The maximum absolute atomic E-state index is 13.3. The Morgan fingerprint density at radius 1 is 1.03 bits per heavy atom. The summed E-state index contributed by atoms with van der Waals surface area (Å²) in [5, 5.41) is 2.57. The SMILES string of the molecule is CNC(=O)[C@@H](Cc1ccccc1)N(Cc1ccc(F)cc1)C(=O)CN(C)S(C)(=O)=O. The summed E-state index contributed by atoms with van der Waals surface area (Å²) in [6.07, 6.45) is 1.25. The Balaban J connectivity index is 2.39. The summed E-state index contributed by atoms with van der Waals surface area (Å²) in [5.41, 5.74) is 1.47. The van der Waals surface area contributed by atoms with Crippen LogP contribution in [-0.2, 0) is 32.6 Å². The lowest BCUT2D eigenvalue weighted by atomic mass is 10.0. The van der Waals surface area contributed by atoms with E-state index in [0.717, 1.165) is 16.1 Å². The summed E-state index contributed by atoms with van der Waals surface area (Å²) in [5.74, 6) is -1.33. The molecule has 7 nitrogen and oxygen atoms in total. The quantitative estimate of drug-likeness (QED) is 0.645. The smallest absolute Gasteiger partial charge is 0.242 e. The fourth-order valence-electron chi connectivity index (χ4n) is 2.91. The van der Waals surface area contributed by atoms with Crippen LogP contribution in [-0.4, -0.2) is 62.4 Å². The Bertz CT molecular complexity index is 966. The summed E-state index contributed by atoms with van der Waals surface area (Å²) in [6.45, 7) is -0.385. The molecular formula is C21H26FN3O4S. The van der Waals surface area contributed by atoms with E-state index in [4.69, 9.17) is 0 Å². The summed E-state index contributed by atoms with van der Waals surface area (Å²) >= 11 is 0. The van der Waals surface area contributed by atoms with Gasteiger partial charge in [-0.2, -0.15) is 4.31 Å². The topological polar surface area (TPSA) is 86.8 Å². The highest BCUT2D eigenvalue weighted by Gasteiger charge is 2.31. The van der Waals surface area contributed by atoms with E-state index in [1.165, 1.54) is 43.3 Å². The van der Waals surface area contributed by atoms with Crippen molar-refractivity contribution in [2.75, 3.05) is 26.9 Å². The normalized spacial score (nSPS) is 12.4. The number of amides is 2. The second kappa shape index (κ2) is 10.3. The number of benzene rings is 2. The Morgan fingerprint density at radius 3 is 2.17 bits per heavy atom. The first-order chi connectivity index (χ1) is 14.1. The number of carbonyl (C=O) groups is 2. The highest BCUT2D eigenvalue weighted by atomic mass is 32.2. The monoisotopic (exact) mass is 435 g/mol. The third-order valence-electron chi connectivity index (χ3n) is 4.71. The number of hydrogen-bond donors (Lipinski definition) is 1. The Hall–Kier alpha value is -2.78. The molecule has 0 radical (unpaired) electrons. The predicted molar refractivity (Wildman–Crippen MR) is 112 cm³/mol. The molecule has 30 heavy (non-hydrogen) atoms. The third-order valence-corrected chi connectivity index (χ3v) is 5.97. The molecule has 0 spiro atoms. The van der Waals surface area contributed by atoms with E-state index >= 15 is 0 Å². The van der Waals surface area contributed by atoms with Crippen LogP contribution in [0.1, 0.15) is 11.1 Å². The Kier molecular flexibility index (Phi) is 8.08. The predicted octanol–water partition coefficient (Wildman–Crippen LogP) is 1.40. The number of hydrogen-bond acceptors (Lipinski definition) is 4.